The fourth-order valence-electron chi connectivity index (χ4n) is 2.51. The molecule has 1 unspecified atom stereocenters. The molecule has 0 spiro atoms. The molecule has 0 bridgehead atoms. The van der Waals surface area contributed by atoms with Gasteiger partial charge < -0.3 is 14.3 Å². The normalized spacial score (nSPS) is 18.2. The minimum absolute atomic E-state index is 0.0627. The molecule has 0 fully saturated rings. The van der Waals surface area contributed by atoms with Crippen LogP contribution in [-0.2, 0) is 6.18 Å². The number of ether oxygens (including phenoxy) is 1. The van der Waals surface area contributed by atoms with Gasteiger partial charge in [-0.3, -0.25) is 4.79 Å². The Hall–Kier alpha value is -2.51. The van der Waals surface area contributed by atoms with Gasteiger partial charge in [0.25, 0.3) is 0 Å². The molecule has 8 heteroatoms. The lowest BCUT2D eigenvalue weighted by Crippen LogP contribution is -2.24. The number of rotatable bonds is 0. The Labute approximate surface area is 120 Å². The van der Waals surface area contributed by atoms with Crippen LogP contribution in [0, 0.1) is 0 Å². The lowest BCUT2D eigenvalue weighted by atomic mass is 9.96. The summed E-state index contributed by atoms with van der Waals surface area (Å²) in [6.07, 6.45) is -5.44. The third-order valence-corrected chi connectivity index (χ3v) is 3.34. The number of phenols is 1. The third kappa shape index (κ3) is 2.11. The Balaban J connectivity index is 2.48. The second-order valence-electron chi connectivity index (χ2n) is 5.01. The van der Waals surface area contributed by atoms with E-state index in [0.717, 1.165) is 6.07 Å². The molecule has 1 aliphatic heterocycles. The Morgan fingerprint density at radius 2 is 1.95 bits per heavy atom. The molecule has 0 radical (unpaired) electrons. The van der Waals surface area contributed by atoms with E-state index in [1.54, 1.807) is 6.92 Å². The Bertz CT molecular complexity index is 850. The zero-order chi connectivity index (χ0) is 16.2. The first-order valence-electron chi connectivity index (χ1n) is 6.29. The quantitative estimate of drug-likeness (QED) is 0.757. The van der Waals surface area contributed by atoms with E-state index < -0.39 is 46.0 Å². The maximum Gasteiger partial charge on any atom is 0.417 e. The van der Waals surface area contributed by atoms with Gasteiger partial charge >= 0.3 is 11.8 Å². The highest BCUT2D eigenvalue weighted by molar-refractivity contribution is 6.11. The Morgan fingerprint density at radius 3 is 2.59 bits per heavy atom. The zero-order valence-corrected chi connectivity index (χ0v) is 11.2. The predicted molar refractivity (Wildman–Crippen MR) is 68.2 cm³/mol. The number of Topliss-reactive ketones (excluding diaryl/α,β-unsaturated/α-hetero) is 1. The number of fused-ring (bicyclic) bond motifs is 3. The summed E-state index contributed by atoms with van der Waals surface area (Å²) in [5.74, 6) is -1.39. The Kier molecular flexibility index (Phi) is 2.95. The van der Waals surface area contributed by atoms with Crippen molar-refractivity contribution in [2.45, 2.75) is 25.6 Å². The maximum absolute atomic E-state index is 13.1. The van der Waals surface area contributed by atoms with E-state index in [1.165, 1.54) is 0 Å². The summed E-state index contributed by atoms with van der Waals surface area (Å²) >= 11 is 0. The molecule has 116 valence electrons. The van der Waals surface area contributed by atoms with Crippen molar-refractivity contribution in [3.63, 3.8) is 0 Å². The van der Waals surface area contributed by atoms with Gasteiger partial charge in [-0.25, -0.2) is 4.79 Å². The standard InChI is InChI=1S/C14H9F3O5/c1-5-2-7(18)12-9(21-5)4-8(19)11-6(14(15,16)17)3-10(20)22-13(11)12/h3-5,19H,2H2,1H3. The first-order chi connectivity index (χ1) is 10.2. The van der Waals surface area contributed by atoms with Gasteiger partial charge in [-0.15, -0.1) is 0 Å². The molecule has 1 aromatic heterocycles. The molecule has 0 aliphatic carbocycles. The van der Waals surface area contributed by atoms with Crippen molar-refractivity contribution in [2.24, 2.45) is 0 Å². The molecule has 1 N–H and O–H groups in total. The van der Waals surface area contributed by atoms with Gasteiger partial charge in [-0.05, 0) is 6.92 Å². The van der Waals surface area contributed by atoms with E-state index >= 15 is 0 Å². The van der Waals surface area contributed by atoms with Crippen LogP contribution < -0.4 is 10.4 Å². The molecular formula is C14H9F3O5. The average Bonchev–Trinajstić information content (AvgIpc) is 2.35. The van der Waals surface area contributed by atoms with E-state index in [-0.39, 0.29) is 23.8 Å². The molecule has 1 atom stereocenters. The van der Waals surface area contributed by atoms with Gasteiger partial charge in [0.1, 0.15) is 23.2 Å². The zero-order valence-electron chi connectivity index (χ0n) is 11.2. The summed E-state index contributed by atoms with van der Waals surface area (Å²) < 4.78 is 49.3. The van der Waals surface area contributed by atoms with Crippen molar-refractivity contribution >= 4 is 16.8 Å². The van der Waals surface area contributed by atoms with Crippen LogP contribution in [0.2, 0.25) is 0 Å². The summed E-state index contributed by atoms with van der Waals surface area (Å²) in [7, 11) is 0. The predicted octanol–water partition coefficient (Wildman–Crippen LogP) is 2.87. The van der Waals surface area contributed by atoms with E-state index in [1.807, 2.05) is 0 Å². The molecule has 2 aromatic rings. The van der Waals surface area contributed by atoms with Crippen molar-refractivity contribution in [1.82, 2.24) is 0 Å². The molecule has 0 saturated carbocycles. The van der Waals surface area contributed by atoms with Gasteiger partial charge in [0, 0.05) is 18.6 Å². The highest BCUT2D eigenvalue weighted by atomic mass is 19.4. The number of phenolic OH excluding ortho intramolecular Hbond substituents is 1. The van der Waals surface area contributed by atoms with Crippen LogP contribution in [0.15, 0.2) is 21.3 Å². The minimum Gasteiger partial charge on any atom is -0.507 e. The van der Waals surface area contributed by atoms with Crippen LogP contribution in [-0.4, -0.2) is 17.0 Å². The first kappa shape index (κ1) is 14.4. The minimum atomic E-state index is -4.88. The van der Waals surface area contributed by atoms with Crippen molar-refractivity contribution < 1.29 is 32.2 Å². The van der Waals surface area contributed by atoms with Crippen molar-refractivity contribution in [3.05, 3.63) is 33.7 Å². The lowest BCUT2D eigenvalue weighted by Gasteiger charge is -2.23. The van der Waals surface area contributed by atoms with Crippen LogP contribution in [0.3, 0.4) is 0 Å². The van der Waals surface area contributed by atoms with Crippen LogP contribution in [0.25, 0.3) is 11.0 Å². The van der Waals surface area contributed by atoms with Crippen LogP contribution in [0.5, 0.6) is 11.5 Å². The number of carbonyl (C=O) groups excluding carboxylic acids is 1. The number of benzene rings is 1. The number of hydrogen-bond donors (Lipinski definition) is 1. The number of hydrogen-bond acceptors (Lipinski definition) is 5. The molecule has 3 rings (SSSR count). The fourth-order valence-corrected chi connectivity index (χ4v) is 2.51. The van der Waals surface area contributed by atoms with Gasteiger partial charge in [0.15, 0.2) is 11.4 Å². The molecule has 22 heavy (non-hydrogen) atoms. The SMILES string of the molecule is CC1CC(=O)c2c(cc(O)c3c(C(F)(F)F)cc(=O)oc23)O1. The number of carbonyl (C=O) groups is 1. The molecule has 1 aromatic carbocycles. The van der Waals surface area contributed by atoms with Crippen molar-refractivity contribution in [1.29, 1.82) is 0 Å². The molecule has 0 amide bonds. The molecular weight excluding hydrogens is 305 g/mol. The topological polar surface area (TPSA) is 76.7 Å². The van der Waals surface area contributed by atoms with Crippen molar-refractivity contribution in [2.75, 3.05) is 0 Å². The van der Waals surface area contributed by atoms with Crippen LogP contribution in [0.1, 0.15) is 29.3 Å². The second-order valence-corrected chi connectivity index (χ2v) is 5.01. The summed E-state index contributed by atoms with van der Waals surface area (Å²) in [6, 6.07) is 1.17. The summed E-state index contributed by atoms with van der Waals surface area (Å²) in [5, 5.41) is 9.16. The number of ketones is 1. The maximum atomic E-state index is 13.1. The molecule has 2 heterocycles. The fraction of sp³-hybridized carbons (Fsp3) is 0.286. The highest BCUT2D eigenvalue weighted by Gasteiger charge is 2.38. The van der Waals surface area contributed by atoms with Gasteiger partial charge in [0.2, 0.25) is 0 Å². The molecule has 1 aliphatic rings. The van der Waals surface area contributed by atoms with Crippen LogP contribution >= 0.6 is 0 Å². The monoisotopic (exact) mass is 314 g/mol. The number of halogens is 3. The summed E-state index contributed by atoms with van der Waals surface area (Å²) in [6.45, 7) is 1.60. The largest absolute Gasteiger partial charge is 0.507 e. The first-order valence-corrected chi connectivity index (χ1v) is 6.29. The Morgan fingerprint density at radius 1 is 1.27 bits per heavy atom. The van der Waals surface area contributed by atoms with Crippen molar-refractivity contribution in [3.8, 4) is 11.5 Å². The lowest BCUT2D eigenvalue weighted by molar-refractivity contribution is -0.136. The third-order valence-electron chi connectivity index (χ3n) is 3.34. The van der Waals surface area contributed by atoms with E-state index in [2.05, 4.69) is 0 Å². The van der Waals surface area contributed by atoms with Gasteiger partial charge in [0.05, 0.1) is 10.9 Å². The van der Waals surface area contributed by atoms with E-state index in [4.69, 9.17) is 9.15 Å². The molecule has 0 saturated heterocycles. The molecule has 5 nitrogen and oxygen atoms in total. The van der Waals surface area contributed by atoms with E-state index in [9.17, 15) is 27.9 Å². The summed E-state index contributed by atoms with van der Waals surface area (Å²) in [4.78, 5) is 23.5. The number of aromatic hydroxyl groups is 1. The van der Waals surface area contributed by atoms with Gasteiger partial charge in [-0.2, -0.15) is 13.2 Å². The highest BCUT2D eigenvalue weighted by Crippen LogP contribution is 2.43. The second kappa shape index (κ2) is 4.49. The van der Waals surface area contributed by atoms with Gasteiger partial charge in [-0.1, -0.05) is 0 Å². The average molecular weight is 314 g/mol. The van der Waals surface area contributed by atoms with Crippen LogP contribution in [0.4, 0.5) is 13.2 Å². The van der Waals surface area contributed by atoms with E-state index in [0.29, 0.717) is 0 Å². The smallest absolute Gasteiger partial charge is 0.417 e. The number of alkyl halides is 3. The summed E-state index contributed by atoms with van der Waals surface area (Å²) in [5.41, 5.74) is -3.48.